The number of rotatable bonds is 14. The van der Waals surface area contributed by atoms with Gasteiger partial charge < -0.3 is 9.47 Å². The van der Waals surface area contributed by atoms with Gasteiger partial charge in [-0.3, -0.25) is 0 Å². The number of hydrogen-bond acceptors (Lipinski definition) is 2. The van der Waals surface area contributed by atoms with Gasteiger partial charge in [-0.1, -0.05) is 95.2 Å². The van der Waals surface area contributed by atoms with Gasteiger partial charge in [0.05, 0.1) is 19.3 Å². The molecular formula is C35H42F4O2. The summed E-state index contributed by atoms with van der Waals surface area (Å²) in [4.78, 5) is 0. The molecule has 0 N–H and O–H groups in total. The lowest BCUT2D eigenvalue weighted by atomic mass is 9.88. The molecule has 1 fully saturated rings. The van der Waals surface area contributed by atoms with E-state index >= 15 is 8.78 Å². The van der Waals surface area contributed by atoms with Gasteiger partial charge in [-0.05, 0) is 54.5 Å². The molecule has 1 saturated heterocycles. The summed E-state index contributed by atoms with van der Waals surface area (Å²) in [5.74, 6) is -4.05. The average Bonchev–Trinajstić information content (AvgIpc) is 2.99. The summed E-state index contributed by atoms with van der Waals surface area (Å²) in [6.45, 7) is 5.03. The van der Waals surface area contributed by atoms with Gasteiger partial charge in [0.15, 0.2) is 23.2 Å². The van der Waals surface area contributed by atoms with Crippen LogP contribution < -0.4 is 4.74 Å². The van der Waals surface area contributed by atoms with Gasteiger partial charge in [-0.2, -0.15) is 4.39 Å². The van der Waals surface area contributed by atoms with Gasteiger partial charge in [0, 0.05) is 17.0 Å². The number of ether oxygens (including phenoxy) is 2. The first-order valence-electron chi connectivity index (χ1n) is 15.3. The number of unbranched alkanes of at least 4 members (excludes halogenated alkanes) is 6. The van der Waals surface area contributed by atoms with E-state index in [0.717, 1.165) is 64.2 Å². The van der Waals surface area contributed by atoms with Crippen molar-refractivity contribution in [2.75, 3.05) is 13.2 Å². The molecule has 0 aliphatic carbocycles. The summed E-state index contributed by atoms with van der Waals surface area (Å²) in [6.07, 6.45) is 11.5. The molecule has 3 aromatic carbocycles. The van der Waals surface area contributed by atoms with Crippen molar-refractivity contribution in [3.63, 3.8) is 0 Å². The first kappa shape index (κ1) is 31.1. The Morgan fingerprint density at radius 2 is 1.27 bits per heavy atom. The van der Waals surface area contributed by atoms with E-state index in [-0.39, 0.29) is 28.9 Å². The van der Waals surface area contributed by atoms with Crippen molar-refractivity contribution < 1.29 is 27.0 Å². The summed E-state index contributed by atoms with van der Waals surface area (Å²) < 4.78 is 71.5. The Bertz CT molecular complexity index is 1250. The molecule has 222 valence electrons. The fourth-order valence-electron chi connectivity index (χ4n) is 5.59. The van der Waals surface area contributed by atoms with E-state index in [1.807, 2.05) is 0 Å². The monoisotopic (exact) mass is 570 g/mol. The number of halogens is 4. The maximum Gasteiger partial charge on any atom is 0.201 e. The van der Waals surface area contributed by atoms with Crippen molar-refractivity contribution in [3.05, 3.63) is 77.4 Å². The van der Waals surface area contributed by atoms with Crippen molar-refractivity contribution in [1.82, 2.24) is 0 Å². The molecule has 0 radical (unpaired) electrons. The molecule has 0 saturated carbocycles. The maximum absolute atomic E-state index is 15.2. The second kappa shape index (κ2) is 15.4. The smallest absolute Gasteiger partial charge is 0.201 e. The summed E-state index contributed by atoms with van der Waals surface area (Å²) in [5.41, 5.74) is 1.44. The average molecular weight is 571 g/mol. The molecule has 3 aromatic rings. The van der Waals surface area contributed by atoms with Crippen LogP contribution in [-0.2, 0) is 4.74 Å². The second-order valence-corrected chi connectivity index (χ2v) is 11.1. The lowest BCUT2D eigenvalue weighted by molar-refractivity contribution is -0.00277. The largest absolute Gasteiger partial charge is 0.490 e. The lowest BCUT2D eigenvalue weighted by Crippen LogP contribution is -2.25. The van der Waals surface area contributed by atoms with E-state index in [9.17, 15) is 8.78 Å². The van der Waals surface area contributed by atoms with Gasteiger partial charge in [0.2, 0.25) is 5.82 Å². The Balaban J connectivity index is 1.41. The van der Waals surface area contributed by atoms with Crippen LogP contribution in [0.1, 0.15) is 96.0 Å². The Morgan fingerprint density at radius 1 is 0.659 bits per heavy atom. The van der Waals surface area contributed by atoms with Crippen molar-refractivity contribution >= 4 is 0 Å². The molecule has 0 bridgehead atoms. The van der Waals surface area contributed by atoms with E-state index in [4.69, 9.17) is 9.47 Å². The second-order valence-electron chi connectivity index (χ2n) is 11.1. The molecular weight excluding hydrogens is 528 g/mol. The first-order chi connectivity index (χ1) is 19.9. The Morgan fingerprint density at radius 3 is 1.90 bits per heavy atom. The minimum atomic E-state index is -1.03. The zero-order valence-corrected chi connectivity index (χ0v) is 24.3. The standard InChI is InChI=1S/C35H42F4O2/c1-3-5-7-8-10-22-40-31-21-20-29(34(38)35(31)39)25-14-12-24(13-15-25)28-18-19-30(33(37)32(28)36)26-16-17-27(41-23-26)11-9-6-4-2/h12-15,18-21,26-27H,3-11,16-17,22-23H2,1-2H3. The first-order valence-corrected chi connectivity index (χ1v) is 15.3. The van der Waals surface area contributed by atoms with Crippen molar-refractivity contribution in [1.29, 1.82) is 0 Å². The minimum Gasteiger partial charge on any atom is -0.490 e. The zero-order chi connectivity index (χ0) is 29.2. The third-order valence-corrected chi connectivity index (χ3v) is 8.11. The fraction of sp³-hybridized carbons (Fsp3) is 0.486. The Kier molecular flexibility index (Phi) is 11.7. The van der Waals surface area contributed by atoms with Gasteiger partial charge >= 0.3 is 0 Å². The molecule has 0 amide bonds. The van der Waals surface area contributed by atoms with Crippen LogP contribution in [0.2, 0.25) is 0 Å². The SMILES string of the molecule is CCCCCCCOc1ccc(-c2ccc(-c3ccc(C4CCC(CCCCC)OC4)c(F)c3F)cc2)c(F)c1F. The van der Waals surface area contributed by atoms with Crippen LogP contribution in [0.15, 0.2) is 48.5 Å². The van der Waals surface area contributed by atoms with Crippen molar-refractivity contribution in [3.8, 4) is 28.0 Å². The molecule has 4 rings (SSSR count). The van der Waals surface area contributed by atoms with E-state index in [0.29, 0.717) is 29.9 Å². The normalized spacial score (nSPS) is 17.1. The minimum absolute atomic E-state index is 0.0802. The highest BCUT2D eigenvalue weighted by atomic mass is 19.2. The van der Waals surface area contributed by atoms with Crippen LogP contribution in [0.25, 0.3) is 22.3 Å². The molecule has 2 unspecified atom stereocenters. The summed E-state index contributed by atoms with van der Waals surface area (Å²) in [7, 11) is 0. The quantitative estimate of drug-likeness (QED) is 0.142. The van der Waals surface area contributed by atoms with E-state index < -0.39 is 23.3 Å². The predicted octanol–water partition coefficient (Wildman–Crippen LogP) is 10.8. The van der Waals surface area contributed by atoms with E-state index in [1.165, 1.54) is 18.6 Å². The third kappa shape index (κ3) is 7.91. The van der Waals surface area contributed by atoms with Crippen molar-refractivity contribution in [2.45, 2.75) is 96.5 Å². The van der Waals surface area contributed by atoms with Gasteiger partial charge in [0.1, 0.15) is 0 Å². The van der Waals surface area contributed by atoms with E-state index in [1.54, 1.807) is 36.4 Å². The molecule has 0 spiro atoms. The lowest BCUT2D eigenvalue weighted by Gasteiger charge is -2.29. The van der Waals surface area contributed by atoms with Crippen LogP contribution >= 0.6 is 0 Å². The fourth-order valence-corrected chi connectivity index (χ4v) is 5.59. The molecule has 0 aromatic heterocycles. The Hall–Kier alpha value is -2.86. The molecule has 41 heavy (non-hydrogen) atoms. The molecule has 6 heteroatoms. The maximum atomic E-state index is 15.2. The molecule has 2 atom stereocenters. The van der Waals surface area contributed by atoms with E-state index in [2.05, 4.69) is 13.8 Å². The van der Waals surface area contributed by atoms with Crippen LogP contribution in [0.5, 0.6) is 5.75 Å². The van der Waals surface area contributed by atoms with Gasteiger partial charge in [0.25, 0.3) is 0 Å². The molecule has 1 aliphatic heterocycles. The van der Waals surface area contributed by atoms with Crippen LogP contribution in [0.4, 0.5) is 17.6 Å². The number of benzene rings is 3. The summed E-state index contributed by atoms with van der Waals surface area (Å²) in [5, 5.41) is 0. The molecule has 1 heterocycles. The van der Waals surface area contributed by atoms with Crippen molar-refractivity contribution in [2.24, 2.45) is 0 Å². The summed E-state index contributed by atoms with van der Waals surface area (Å²) in [6, 6.07) is 12.5. The van der Waals surface area contributed by atoms with Crippen LogP contribution in [0.3, 0.4) is 0 Å². The highest BCUT2D eigenvalue weighted by molar-refractivity contribution is 5.72. The molecule has 1 aliphatic rings. The Labute approximate surface area is 242 Å². The van der Waals surface area contributed by atoms with Crippen LogP contribution in [0, 0.1) is 23.3 Å². The highest BCUT2D eigenvalue weighted by Gasteiger charge is 2.27. The number of hydrogen-bond donors (Lipinski definition) is 0. The third-order valence-electron chi connectivity index (χ3n) is 8.11. The summed E-state index contributed by atoms with van der Waals surface area (Å²) >= 11 is 0. The van der Waals surface area contributed by atoms with Gasteiger partial charge in [-0.15, -0.1) is 0 Å². The predicted molar refractivity (Wildman–Crippen MR) is 157 cm³/mol. The van der Waals surface area contributed by atoms with Gasteiger partial charge in [-0.25, -0.2) is 13.2 Å². The highest BCUT2D eigenvalue weighted by Crippen LogP contribution is 2.36. The van der Waals surface area contributed by atoms with Crippen LogP contribution in [-0.4, -0.2) is 19.3 Å². The molecule has 2 nitrogen and oxygen atoms in total. The topological polar surface area (TPSA) is 18.5 Å². The zero-order valence-electron chi connectivity index (χ0n) is 24.3.